The Morgan fingerprint density at radius 2 is 1.86 bits per heavy atom. The minimum absolute atomic E-state index is 0.0189. The SMILES string of the molecule is Cc1cc(C(=O)NC(=O)c2cccc(Cl)c2)cc([N+](=O)[O-])n1. The molecule has 0 fully saturated rings. The van der Waals surface area contributed by atoms with Gasteiger partial charge in [0.25, 0.3) is 11.8 Å². The van der Waals surface area contributed by atoms with Crippen molar-refractivity contribution in [2.75, 3.05) is 0 Å². The Hall–Kier alpha value is -2.80. The molecule has 0 aliphatic rings. The number of nitro groups is 1. The lowest BCUT2D eigenvalue weighted by Gasteiger charge is -2.05. The van der Waals surface area contributed by atoms with Gasteiger partial charge in [-0.25, -0.2) is 0 Å². The molecule has 0 aliphatic heterocycles. The summed E-state index contributed by atoms with van der Waals surface area (Å²) in [6, 6.07) is 8.43. The van der Waals surface area contributed by atoms with Crippen LogP contribution in [0.2, 0.25) is 5.02 Å². The number of amides is 2. The second-order valence-corrected chi connectivity index (χ2v) is 4.84. The quantitative estimate of drug-likeness (QED) is 0.532. The van der Waals surface area contributed by atoms with E-state index < -0.39 is 22.6 Å². The van der Waals surface area contributed by atoms with E-state index in [1.165, 1.54) is 25.1 Å². The summed E-state index contributed by atoms with van der Waals surface area (Å²) in [7, 11) is 0. The molecule has 7 nitrogen and oxygen atoms in total. The van der Waals surface area contributed by atoms with Gasteiger partial charge in [-0.3, -0.25) is 14.9 Å². The van der Waals surface area contributed by atoms with Crippen molar-refractivity contribution < 1.29 is 14.5 Å². The second-order valence-electron chi connectivity index (χ2n) is 4.41. The van der Waals surface area contributed by atoms with Crippen LogP contribution in [0.4, 0.5) is 5.82 Å². The molecule has 0 spiro atoms. The summed E-state index contributed by atoms with van der Waals surface area (Å²) < 4.78 is 0. The molecule has 0 unspecified atom stereocenters. The van der Waals surface area contributed by atoms with Gasteiger partial charge < -0.3 is 10.1 Å². The number of rotatable bonds is 3. The van der Waals surface area contributed by atoms with Crippen LogP contribution in [0.15, 0.2) is 36.4 Å². The highest BCUT2D eigenvalue weighted by Crippen LogP contribution is 2.13. The fraction of sp³-hybridized carbons (Fsp3) is 0.0714. The molecule has 112 valence electrons. The molecular formula is C14H10ClN3O4. The Kier molecular flexibility index (Phi) is 4.47. The fourth-order valence-corrected chi connectivity index (χ4v) is 1.94. The monoisotopic (exact) mass is 319 g/mol. The van der Waals surface area contributed by atoms with E-state index >= 15 is 0 Å². The number of hydrogen-bond acceptors (Lipinski definition) is 5. The van der Waals surface area contributed by atoms with E-state index in [-0.39, 0.29) is 11.1 Å². The van der Waals surface area contributed by atoms with Crippen LogP contribution in [-0.4, -0.2) is 21.7 Å². The standard InChI is InChI=1S/C14H10ClN3O4/c1-8-5-10(7-12(16-8)18(21)22)14(20)17-13(19)9-3-2-4-11(15)6-9/h2-7H,1H3,(H,17,19,20). The molecule has 0 radical (unpaired) electrons. The summed E-state index contributed by atoms with van der Waals surface area (Å²) in [5.41, 5.74) is 0.491. The Morgan fingerprint density at radius 3 is 2.50 bits per heavy atom. The van der Waals surface area contributed by atoms with Crippen LogP contribution >= 0.6 is 11.6 Å². The van der Waals surface area contributed by atoms with Gasteiger partial charge >= 0.3 is 5.82 Å². The predicted molar refractivity (Wildman–Crippen MR) is 78.9 cm³/mol. The van der Waals surface area contributed by atoms with Gasteiger partial charge in [-0.15, -0.1) is 0 Å². The van der Waals surface area contributed by atoms with Crippen LogP contribution in [0.5, 0.6) is 0 Å². The molecule has 1 N–H and O–H groups in total. The van der Waals surface area contributed by atoms with Crippen molar-refractivity contribution in [3.05, 3.63) is 68.4 Å². The van der Waals surface area contributed by atoms with E-state index in [1.807, 2.05) is 0 Å². The topological polar surface area (TPSA) is 102 Å². The van der Waals surface area contributed by atoms with Gasteiger partial charge in [0.2, 0.25) is 0 Å². The van der Waals surface area contributed by atoms with Crippen LogP contribution in [-0.2, 0) is 0 Å². The number of nitrogens with zero attached hydrogens (tertiary/aromatic N) is 2. The van der Waals surface area contributed by atoms with E-state index in [9.17, 15) is 19.7 Å². The minimum Gasteiger partial charge on any atom is -0.358 e. The first-order valence-electron chi connectivity index (χ1n) is 6.11. The molecule has 0 bridgehead atoms. The van der Waals surface area contributed by atoms with Gasteiger partial charge in [0.1, 0.15) is 0 Å². The zero-order chi connectivity index (χ0) is 16.3. The van der Waals surface area contributed by atoms with Gasteiger partial charge in [0.15, 0.2) is 5.69 Å². The molecular weight excluding hydrogens is 310 g/mol. The third-order valence-corrected chi connectivity index (χ3v) is 2.94. The Balaban J connectivity index is 2.22. The van der Waals surface area contributed by atoms with Crippen LogP contribution in [0.1, 0.15) is 26.4 Å². The number of benzene rings is 1. The van der Waals surface area contributed by atoms with Gasteiger partial charge in [0, 0.05) is 23.6 Å². The average Bonchev–Trinajstić information content (AvgIpc) is 2.46. The number of carbonyl (C=O) groups excluding carboxylic acids is 2. The third kappa shape index (κ3) is 3.64. The Morgan fingerprint density at radius 1 is 1.18 bits per heavy atom. The van der Waals surface area contributed by atoms with Crippen molar-refractivity contribution in [1.29, 1.82) is 0 Å². The van der Waals surface area contributed by atoms with Crippen molar-refractivity contribution >= 4 is 29.2 Å². The first kappa shape index (κ1) is 15.6. The van der Waals surface area contributed by atoms with Crippen molar-refractivity contribution in [1.82, 2.24) is 10.3 Å². The number of carbonyl (C=O) groups is 2. The van der Waals surface area contributed by atoms with E-state index in [1.54, 1.807) is 12.1 Å². The molecule has 2 rings (SSSR count). The van der Waals surface area contributed by atoms with Crippen molar-refractivity contribution in [3.8, 4) is 0 Å². The van der Waals surface area contributed by atoms with E-state index in [0.717, 1.165) is 6.07 Å². The van der Waals surface area contributed by atoms with Crippen LogP contribution in [0.25, 0.3) is 0 Å². The zero-order valence-electron chi connectivity index (χ0n) is 11.4. The molecule has 22 heavy (non-hydrogen) atoms. The maximum Gasteiger partial charge on any atom is 0.364 e. The summed E-state index contributed by atoms with van der Waals surface area (Å²) in [5, 5.41) is 13.2. The lowest BCUT2D eigenvalue weighted by atomic mass is 10.2. The van der Waals surface area contributed by atoms with E-state index in [2.05, 4.69) is 10.3 Å². The summed E-state index contributed by atoms with van der Waals surface area (Å²) >= 11 is 5.77. The van der Waals surface area contributed by atoms with Gasteiger partial charge in [-0.1, -0.05) is 17.7 Å². The number of imide groups is 1. The van der Waals surface area contributed by atoms with Crippen molar-refractivity contribution in [2.24, 2.45) is 0 Å². The summed E-state index contributed by atoms with van der Waals surface area (Å²) in [6.45, 7) is 1.52. The molecule has 2 aromatic rings. The molecule has 2 amide bonds. The molecule has 0 atom stereocenters. The maximum atomic E-state index is 12.0. The number of halogens is 1. The fourth-order valence-electron chi connectivity index (χ4n) is 1.75. The maximum absolute atomic E-state index is 12.0. The largest absolute Gasteiger partial charge is 0.364 e. The van der Waals surface area contributed by atoms with Crippen LogP contribution < -0.4 is 5.32 Å². The summed E-state index contributed by atoms with van der Waals surface area (Å²) in [4.78, 5) is 37.7. The van der Waals surface area contributed by atoms with Gasteiger partial charge in [-0.05, 0) is 34.2 Å². The van der Waals surface area contributed by atoms with Crippen molar-refractivity contribution in [3.63, 3.8) is 0 Å². The number of hydrogen-bond donors (Lipinski definition) is 1. The lowest BCUT2D eigenvalue weighted by molar-refractivity contribution is -0.389. The molecule has 1 aromatic heterocycles. The first-order valence-corrected chi connectivity index (χ1v) is 6.49. The summed E-state index contributed by atoms with van der Waals surface area (Å²) in [5.74, 6) is -1.86. The number of pyridine rings is 1. The van der Waals surface area contributed by atoms with Crippen LogP contribution in [0.3, 0.4) is 0 Å². The van der Waals surface area contributed by atoms with E-state index in [4.69, 9.17) is 11.6 Å². The van der Waals surface area contributed by atoms with Gasteiger partial charge in [-0.2, -0.15) is 0 Å². The molecule has 0 saturated carbocycles. The number of aromatic nitrogens is 1. The summed E-state index contributed by atoms with van der Waals surface area (Å²) in [6.07, 6.45) is 0. The molecule has 1 aromatic carbocycles. The predicted octanol–water partition coefficient (Wildman–Crippen LogP) is 2.52. The average molecular weight is 320 g/mol. The van der Waals surface area contributed by atoms with Gasteiger partial charge in [0.05, 0.1) is 5.56 Å². The second kappa shape index (κ2) is 6.31. The first-order chi connectivity index (χ1) is 10.4. The Bertz CT molecular complexity index is 776. The molecule has 0 saturated heterocycles. The minimum atomic E-state index is -0.751. The van der Waals surface area contributed by atoms with Crippen LogP contribution in [0, 0.1) is 17.0 Å². The van der Waals surface area contributed by atoms with Crippen molar-refractivity contribution in [2.45, 2.75) is 6.92 Å². The van der Waals surface area contributed by atoms with E-state index in [0.29, 0.717) is 10.7 Å². The highest BCUT2D eigenvalue weighted by molar-refractivity contribution is 6.31. The Labute approximate surface area is 130 Å². The third-order valence-electron chi connectivity index (χ3n) is 2.70. The highest BCUT2D eigenvalue weighted by atomic mass is 35.5. The normalized spacial score (nSPS) is 10.1. The highest BCUT2D eigenvalue weighted by Gasteiger charge is 2.18. The number of nitrogens with one attached hydrogen (secondary N) is 1. The number of aryl methyl sites for hydroxylation is 1. The molecule has 1 heterocycles. The lowest BCUT2D eigenvalue weighted by Crippen LogP contribution is -2.30. The molecule has 8 heteroatoms. The smallest absolute Gasteiger partial charge is 0.358 e. The zero-order valence-corrected chi connectivity index (χ0v) is 12.1. The molecule has 0 aliphatic carbocycles.